The molecule has 0 radical (unpaired) electrons. The van der Waals surface area contributed by atoms with Gasteiger partial charge in [-0.25, -0.2) is 0 Å². The van der Waals surface area contributed by atoms with E-state index in [4.69, 9.17) is 6.42 Å². The van der Waals surface area contributed by atoms with E-state index in [0.29, 0.717) is 6.04 Å². The van der Waals surface area contributed by atoms with Crippen LogP contribution in [0.15, 0.2) is 24.3 Å². The van der Waals surface area contributed by atoms with Gasteiger partial charge < -0.3 is 5.32 Å². The van der Waals surface area contributed by atoms with Crippen molar-refractivity contribution < 1.29 is 0 Å². The lowest BCUT2D eigenvalue weighted by Gasteiger charge is -2.21. The van der Waals surface area contributed by atoms with Crippen molar-refractivity contribution in [2.45, 2.75) is 51.5 Å². The summed E-state index contributed by atoms with van der Waals surface area (Å²) >= 11 is 0. The van der Waals surface area contributed by atoms with Crippen LogP contribution in [0.25, 0.3) is 0 Å². The highest BCUT2D eigenvalue weighted by molar-refractivity contribution is 5.29. The maximum atomic E-state index is 5.29. The lowest BCUT2D eigenvalue weighted by atomic mass is 9.86. The van der Waals surface area contributed by atoms with Crippen molar-refractivity contribution in [3.05, 3.63) is 35.4 Å². The summed E-state index contributed by atoms with van der Waals surface area (Å²) in [6, 6.07) is 9.35. The first-order valence-electron chi connectivity index (χ1n) is 6.70. The Morgan fingerprint density at radius 2 is 1.83 bits per heavy atom. The monoisotopic (exact) mass is 243 g/mol. The lowest BCUT2D eigenvalue weighted by Crippen LogP contribution is -2.17. The van der Waals surface area contributed by atoms with E-state index in [1.165, 1.54) is 11.1 Å². The number of terminal acetylenes is 1. The maximum Gasteiger partial charge on any atom is 0.0317 e. The average molecular weight is 243 g/mol. The Balaban J connectivity index is 2.73. The minimum atomic E-state index is 0.219. The average Bonchev–Trinajstić information content (AvgIpc) is 2.34. The molecule has 0 aliphatic rings. The van der Waals surface area contributed by atoms with Gasteiger partial charge in [0.1, 0.15) is 0 Å². The predicted octanol–water partition coefficient (Wildman–Crippen LogP) is 4.05. The highest BCUT2D eigenvalue weighted by atomic mass is 14.9. The summed E-state index contributed by atoms with van der Waals surface area (Å²) in [6.45, 7) is 6.72. The van der Waals surface area contributed by atoms with Crippen molar-refractivity contribution in [3.8, 4) is 12.3 Å². The molecule has 0 spiro atoms. The van der Waals surface area contributed by atoms with E-state index < -0.39 is 0 Å². The molecule has 1 aromatic rings. The summed E-state index contributed by atoms with van der Waals surface area (Å²) < 4.78 is 0. The quantitative estimate of drug-likeness (QED) is 0.608. The van der Waals surface area contributed by atoms with Crippen molar-refractivity contribution >= 4 is 0 Å². The number of nitrogens with one attached hydrogen (secondary N) is 1. The van der Waals surface area contributed by atoms with Gasteiger partial charge in [0.25, 0.3) is 0 Å². The first kappa shape index (κ1) is 14.8. The van der Waals surface area contributed by atoms with Gasteiger partial charge in [-0.1, -0.05) is 45.0 Å². The third-order valence-electron chi connectivity index (χ3n) is 3.34. The van der Waals surface area contributed by atoms with Gasteiger partial charge in [-0.2, -0.15) is 0 Å². The van der Waals surface area contributed by atoms with Crippen LogP contribution in [-0.2, 0) is 5.41 Å². The summed E-state index contributed by atoms with van der Waals surface area (Å²) in [6.07, 6.45) is 8.32. The summed E-state index contributed by atoms with van der Waals surface area (Å²) in [5.74, 6) is 2.70. The Morgan fingerprint density at radius 1 is 1.22 bits per heavy atom. The molecular formula is C17H25N. The van der Waals surface area contributed by atoms with Gasteiger partial charge in [-0.15, -0.1) is 12.3 Å². The second-order valence-electron chi connectivity index (χ2n) is 5.81. The number of rotatable bonds is 5. The van der Waals surface area contributed by atoms with Gasteiger partial charge >= 0.3 is 0 Å². The number of hydrogen-bond acceptors (Lipinski definition) is 1. The minimum absolute atomic E-state index is 0.219. The zero-order chi connectivity index (χ0) is 13.6. The SMILES string of the molecule is C#CCCCC(NC)c1ccc(C(C)(C)C)cc1. The molecule has 1 N–H and O–H groups in total. The fourth-order valence-electron chi connectivity index (χ4n) is 2.10. The standard InChI is InChI=1S/C17H25N/c1-6-7-8-9-16(18-5)14-10-12-15(13-11-14)17(2,3)4/h1,10-13,16,18H,7-9H2,2-5H3. The van der Waals surface area contributed by atoms with E-state index in [-0.39, 0.29) is 5.41 Å². The van der Waals surface area contributed by atoms with E-state index in [1.54, 1.807) is 0 Å². The molecule has 0 amide bonds. The minimum Gasteiger partial charge on any atom is -0.313 e. The molecule has 1 unspecified atom stereocenters. The van der Waals surface area contributed by atoms with Gasteiger partial charge in [0.15, 0.2) is 0 Å². The topological polar surface area (TPSA) is 12.0 Å². The highest BCUT2D eigenvalue weighted by Gasteiger charge is 2.14. The van der Waals surface area contributed by atoms with Crippen molar-refractivity contribution in [1.29, 1.82) is 0 Å². The summed E-state index contributed by atoms with van der Waals surface area (Å²) in [7, 11) is 2.01. The fraction of sp³-hybridized carbons (Fsp3) is 0.529. The first-order chi connectivity index (χ1) is 8.49. The van der Waals surface area contributed by atoms with E-state index in [2.05, 4.69) is 56.3 Å². The van der Waals surface area contributed by atoms with Gasteiger partial charge in [-0.05, 0) is 36.4 Å². The molecule has 0 heterocycles. The molecule has 98 valence electrons. The van der Waals surface area contributed by atoms with Crippen molar-refractivity contribution in [3.63, 3.8) is 0 Å². The lowest BCUT2D eigenvalue weighted by molar-refractivity contribution is 0.530. The van der Waals surface area contributed by atoms with Crippen molar-refractivity contribution in [2.24, 2.45) is 0 Å². The third kappa shape index (κ3) is 4.20. The Hall–Kier alpha value is -1.26. The summed E-state index contributed by atoms with van der Waals surface area (Å²) in [5, 5.41) is 3.37. The van der Waals surface area contributed by atoms with Crippen LogP contribution in [0.1, 0.15) is 57.2 Å². The van der Waals surface area contributed by atoms with Gasteiger partial charge in [0.05, 0.1) is 0 Å². The summed E-state index contributed by atoms with van der Waals surface area (Å²) in [4.78, 5) is 0. The van der Waals surface area contributed by atoms with Crippen LogP contribution in [0, 0.1) is 12.3 Å². The van der Waals surface area contributed by atoms with Crippen LogP contribution in [-0.4, -0.2) is 7.05 Å². The number of benzene rings is 1. The molecule has 1 heteroatoms. The second-order valence-corrected chi connectivity index (χ2v) is 5.81. The molecule has 0 aromatic heterocycles. The van der Waals surface area contributed by atoms with Crippen LogP contribution < -0.4 is 5.32 Å². The van der Waals surface area contributed by atoms with E-state index in [9.17, 15) is 0 Å². The molecule has 0 aliphatic heterocycles. The number of hydrogen-bond donors (Lipinski definition) is 1. The van der Waals surface area contributed by atoms with Crippen LogP contribution >= 0.6 is 0 Å². The first-order valence-corrected chi connectivity index (χ1v) is 6.70. The van der Waals surface area contributed by atoms with Crippen molar-refractivity contribution in [1.82, 2.24) is 5.32 Å². The Labute approximate surface area is 112 Å². The Bertz CT molecular complexity index is 389. The second kappa shape index (κ2) is 6.61. The van der Waals surface area contributed by atoms with Crippen LogP contribution in [0.5, 0.6) is 0 Å². The largest absolute Gasteiger partial charge is 0.313 e. The van der Waals surface area contributed by atoms with E-state index >= 15 is 0 Å². The Morgan fingerprint density at radius 3 is 2.28 bits per heavy atom. The number of unbranched alkanes of at least 4 members (excludes halogenated alkanes) is 1. The third-order valence-corrected chi connectivity index (χ3v) is 3.34. The molecule has 1 atom stereocenters. The van der Waals surface area contributed by atoms with Gasteiger partial charge in [0.2, 0.25) is 0 Å². The zero-order valence-corrected chi connectivity index (χ0v) is 12.1. The van der Waals surface area contributed by atoms with Crippen LogP contribution in [0.3, 0.4) is 0 Å². The molecule has 0 saturated carbocycles. The Kier molecular flexibility index (Phi) is 5.44. The normalized spacial score (nSPS) is 13.1. The molecule has 0 aliphatic carbocycles. The zero-order valence-electron chi connectivity index (χ0n) is 12.1. The fourth-order valence-corrected chi connectivity index (χ4v) is 2.10. The highest BCUT2D eigenvalue weighted by Crippen LogP contribution is 2.25. The van der Waals surface area contributed by atoms with Crippen LogP contribution in [0.2, 0.25) is 0 Å². The predicted molar refractivity (Wildman–Crippen MR) is 79.6 cm³/mol. The van der Waals surface area contributed by atoms with Crippen molar-refractivity contribution in [2.75, 3.05) is 7.05 Å². The molecule has 1 aromatic carbocycles. The maximum absolute atomic E-state index is 5.29. The van der Waals surface area contributed by atoms with Gasteiger partial charge in [-0.3, -0.25) is 0 Å². The molecule has 0 bridgehead atoms. The molecular weight excluding hydrogens is 218 g/mol. The molecule has 1 rings (SSSR count). The van der Waals surface area contributed by atoms with E-state index in [1.807, 2.05) is 7.05 Å². The van der Waals surface area contributed by atoms with E-state index in [0.717, 1.165) is 19.3 Å². The molecule has 1 nitrogen and oxygen atoms in total. The smallest absolute Gasteiger partial charge is 0.0317 e. The molecule has 18 heavy (non-hydrogen) atoms. The van der Waals surface area contributed by atoms with Gasteiger partial charge in [0, 0.05) is 12.5 Å². The molecule has 0 fully saturated rings. The molecule has 0 saturated heterocycles. The van der Waals surface area contributed by atoms with Crippen LogP contribution in [0.4, 0.5) is 0 Å². The summed E-state index contributed by atoms with van der Waals surface area (Å²) in [5.41, 5.74) is 2.95.